The molecule has 6 nitrogen and oxygen atoms in total. The average molecular weight is 456 g/mol. The van der Waals surface area contributed by atoms with Crippen LogP contribution in [-0.2, 0) is 12.8 Å². The molecule has 0 saturated heterocycles. The third-order valence-electron chi connectivity index (χ3n) is 6.64. The summed E-state index contributed by atoms with van der Waals surface area (Å²) in [6, 6.07) is 21.7. The zero-order valence-corrected chi connectivity index (χ0v) is 19.7. The number of hydrogen-bond acceptors (Lipinski definition) is 3. The van der Waals surface area contributed by atoms with Gasteiger partial charge in [0.2, 0.25) is 0 Å². The van der Waals surface area contributed by atoms with Gasteiger partial charge in [0.25, 0.3) is 0 Å². The minimum atomic E-state index is -0.247. The third kappa shape index (κ3) is 3.96. The molecule has 1 aliphatic heterocycles. The predicted molar refractivity (Wildman–Crippen MR) is 135 cm³/mol. The monoisotopic (exact) mass is 455 g/mol. The fraction of sp³-hybridized carbons (Fsp3) is 0.250. The summed E-state index contributed by atoms with van der Waals surface area (Å²) < 4.78 is 10.8. The second kappa shape index (κ2) is 9.14. The number of rotatable bonds is 5. The first-order chi connectivity index (χ1) is 16.6. The maximum absolute atomic E-state index is 13.5. The molecule has 2 amide bonds. The fourth-order valence-electron chi connectivity index (χ4n) is 4.77. The lowest BCUT2D eigenvalue weighted by atomic mass is 9.92. The van der Waals surface area contributed by atoms with E-state index in [9.17, 15) is 4.79 Å². The number of methoxy groups -OCH3 is 2. The number of carbonyl (C=O) groups excluding carboxylic acids is 1. The van der Waals surface area contributed by atoms with E-state index in [4.69, 9.17) is 9.47 Å². The molecule has 1 atom stereocenters. The van der Waals surface area contributed by atoms with Crippen LogP contribution in [0, 0.1) is 0 Å². The second-order valence-electron chi connectivity index (χ2n) is 8.53. The highest BCUT2D eigenvalue weighted by atomic mass is 16.5. The van der Waals surface area contributed by atoms with Gasteiger partial charge < -0.3 is 24.7 Å². The summed E-state index contributed by atoms with van der Waals surface area (Å²) in [4.78, 5) is 19.0. The number of fused-ring (bicyclic) bond motifs is 3. The van der Waals surface area contributed by atoms with Crippen molar-refractivity contribution >= 4 is 22.6 Å². The molecule has 0 radical (unpaired) electrons. The Balaban J connectivity index is 1.55. The van der Waals surface area contributed by atoms with Crippen LogP contribution in [0.4, 0.5) is 10.5 Å². The summed E-state index contributed by atoms with van der Waals surface area (Å²) in [7, 11) is 3.34. The second-order valence-corrected chi connectivity index (χ2v) is 8.53. The molecule has 5 rings (SSSR count). The number of urea groups is 1. The first-order valence-corrected chi connectivity index (χ1v) is 11.6. The van der Waals surface area contributed by atoms with Crippen molar-refractivity contribution in [3.8, 4) is 11.5 Å². The van der Waals surface area contributed by atoms with Crippen LogP contribution in [0.1, 0.15) is 35.3 Å². The molecule has 0 bridgehead atoms. The number of benzene rings is 3. The lowest BCUT2D eigenvalue weighted by Gasteiger charge is -2.36. The van der Waals surface area contributed by atoms with Gasteiger partial charge in [-0.05, 0) is 72.0 Å². The molecule has 1 aliphatic rings. The Morgan fingerprint density at radius 1 is 1.00 bits per heavy atom. The largest absolute Gasteiger partial charge is 0.497 e. The van der Waals surface area contributed by atoms with Crippen molar-refractivity contribution in [2.24, 2.45) is 0 Å². The molecular formula is C28H29N3O3. The van der Waals surface area contributed by atoms with Crippen molar-refractivity contribution in [2.75, 3.05) is 26.1 Å². The number of aryl methyl sites for hydroxylation is 1. The first-order valence-electron chi connectivity index (χ1n) is 11.6. The van der Waals surface area contributed by atoms with Crippen LogP contribution in [0.3, 0.4) is 0 Å². The zero-order chi connectivity index (χ0) is 23.7. The summed E-state index contributed by atoms with van der Waals surface area (Å²) in [5, 5.41) is 4.24. The van der Waals surface area contributed by atoms with Crippen molar-refractivity contribution in [3.05, 3.63) is 89.1 Å². The van der Waals surface area contributed by atoms with Gasteiger partial charge >= 0.3 is 6.03 Å². The normalized spacial score (nSPS) is 15.1. The smallest absolute Gasteiger partial charge is 0.322 e. The maximum atomic E-state index is 13.5. The lowest BCUT2D eigenvalue weighted by Crippen LogP contribution is -2.43. The zero-order valence-electron chi connectivity index (χ0n) is 19.7. The number of nitrogens with zero attached hydrogens (tertiary/aromatic N) is 1. The highest BCUT2D eigenvalue weighted by Crippen LogP contribution is 2.40. The average Bonchev–Trinajstić information content (AvgIpc) is 3.26. The Labute approximate surface area is 199 Å². The van der Waals surface area contributed by atoms with Crippen molar-refractivity contribution < 1.29 is 14.3 Å². The molecule has 0 saturated carbocycles. The molecule has 0 aliphatic carbocycles. The van der Waals surface area contributed by atoms with Gasteiger partial charge in [-0.2, -0.15) is 0 Å². The number of amides is 2. The van der Waals surface area contributed by atoms with Gasteiger partial charge in [0, 0.05) is 28.8 Å². The van der Waals surface area contributed by atoms with Crippen LogP contribution < -0.4 is 14.8 Å². The number of hydrogen-bond donors (Lipinski definition) is 2. The molecular weight excluding hydrogens is 426 g/mol. The minimum absolute atomic E-state index is 0.119. The molecule has 34 heavy (non-hydrogen) atoms. The number of ether oxygens (including phenoxy) is 2. The summed E-state index contributed by atoms with van der Waals surface area (Å²) in [5.41, 5.74) is 6.37. The van der Waals surface area contributed by atoms with E-state index < -0.39 is 0 Å². The van der Waals surface area contributed by atoms with E-state index in [0.717, 1.165) is 52.2 Å². The number of anilines is 1. The quantitative estimate of drug-likeness (QED) is 0.392. The van der Waals surface area contributed by atoms with Gasteiger partial charge in [0.1, 0.15) is 11.5 Å². The SMILES string of the molecule is CCc1ccc(NC(=O)N2CCc3c([nH]c4ccc(OC)cc34)C2c2ccc(OC)cc2)cc1. The Kier molecular flexibility index (Phi) is 5.88. The standard InChI is InChI=1S/C28H29N3O3/c1-4-18-5-9-20(10-6-18)29-28(32)31-16-15-23-24-17-22(34-3)13-14-25(24)30-26(23)27(31)19-7-11-21(33-2)12-8-19/h5-14,17,27,30H,4,15-16H2,1-3H3,(H,29,32). The fourth-order valence-corrected chi connectivity index (χ4v) is 4.77. The van der Waals surface area contributed by atoms with Gasteiger partial charge in [-0.1, -0.05) is 31.2 Å². The Hall–Kier alpha value is -3.93. The van der Waals surface area contributed by atoms with Crippen LogP contribution in [0.25, 0.3) is 10.9 Å². The van der Waals surface area contributed by atoms with Crippen LogP contribution in [0.5, 0.6) is 11.5 Å². The number of aromatic amines is 1. The molecule has 174 valence electrons. The highest BCUT2D eigenvalue weighted by Gasteiger charge is 2.34. The van der Waals surface area contributed by atoms with Crippen LogP contribution in [0.15, 0.2) is 66.7 Å². The summed E-state index contributed by atoms with van der Waals surface area (Å²) >= 11 is 0. The first kappa shape index (κ1) is 21.9. The maximum Gasteiger partial charge on any atom is 0.322 e. The molecule has 3 aromatic carbocycles. The molecule has 2 heterocycles. The van der Waals surface area contributed by atoms with Crippen molar-refractivity contribution in [1.82, 2.24) is 9.88 Å². The Bertz CT molecular complexity index is 1310. The molecule has 1 aromatic heterocycles. The molecule has 2 N–H and O–H groups in total. The molecule has 0 fully saturated rings. The third-order valence-corrected chi connectivity index (χ3v) is 6.64. The number of aromatic nitrogens is 1. The Morgan fingerprint density at radius 2 is 1.71 bits per heavy atom. The van der Waals surface area contributed by atoms with E-state index in [-0.39, 0.29) is 12.1 Å². The van der Waals surface area contributed by atoms with Gasteiger partial charge in [-0.3, -0.25) is 0 Å². The molecule has 4 aromatic rings. The van der Waals surface area contributed by atoms with E-state index in [2.05, 4.69) is 35.4 Å². The van der Waals surface area contributed by atoms with Crippen molar-refractivity contribution in [2.45, 2.75) is 25.8 Å². The molecule has 1 unspecified atom stereocenters. The van der Waals surface area contributed by atoms with Gasteiger partial charge in [-0.15, -0.1) is 0 Å². The van der Waals surface area contributed by atoms with E-state index in [1.807, 2.05) is 53.4 Å². The van der Waals surface area contributed by atoms with Gasteiger partial charge in [0.05, 0.1) is 20.3 Å². The number of nitrogens with one attached hydrogen (secondary N) is 2. The van der Waals surface area contributed by atoms with Crippen molar-refractivity contribution in [3.63, 3.8) is 0 Å². The highest BCUT2D eigenvalue weighted by molar-refractivity contribution is 5.92. The molecule has 6 heteroatoms. The number of carbonyl (C=O) groups is 1. The summed E-state index contributed by atoms with van der Waals surface area (Å²) in [6.45, 7) is 2.72. The minimum Gasteiger partial charge on any atom is -0.497 e. The van der Waals surface area contributed by atoms with Crippen molar-refractivity contribution in [1.29, 1.82) is 0 Å². The predicted octanol–water partition coefficient (Wildman–Crippen LogP) is 5.93. The van der Waals surface area contributed by atoms with E-state index in [0.29, 0.717) is 6.54 Å². The summed E-state index contributed by atoms with van der Waals surface area (Å²) in [6.07, 6.45) is 1.73. The topological polar surface area (TPSA) is 66.6 Å². The van der Waals surface area contributed by atoms with E-state index >= 15 is 0 Å². The Morgan fingerprint density at radius 3 is 2.38 bits per heavy atom. The van der Waals surface area contributed by atoms with Crippen LogP contribution in [-0.4, -0.2) is 36.7 Å². The van der Waals surface area contributed by atoms with E-state index in [1.54, 1.807) is 14.2 Å². The summed E-state index contributed by atoms with van der Waals surface area (Å²) in [5.74, 6) is 1.61. The van der Waals surface area contributed by atoms with Crippen LogP contribution in [0.2, 0.25) is 0 Å². The lowest BCUT2D eigenvalue weighted by molar-refractivity contribution is 0.193. The molecule has 0 spiro atoms. The number of H-pyrrole nitrogens is 1. The van der Waals surface area contributed by atoms with E-state index in [1.165, 1.54) is 11.1 Å². The van der Waals surface area contributed by atoms with Crippen LogP contribution >= 0.6 is 0 Å². The van der Waals surface area contributed by atoms with Gasteiger partial charge in [0.15, 0.2) is 0 Å². The van der Waals surface area contributed by atoms with Gasteiger partial charge in [-0.25, -0.2) is 4.79 Å².